The van der Waals surface area contributed by atoms with Gasteiger partial charge in [-0.2, -0.15) is 0 Å². The second kappa shape index (κ2) is 6.72. The number of methoxy groups -OCH3 is 1. The fraction of sp³-hybridized carbons (Fsp3) is 0.368. The number of hydrogen-bond donors (Lipinski definition) is 2. The van der Waals surface area contributed by atoms with Crippen LogP contribution in [0.15, 0.2) is 36.8 Å². The number of aromatic nitrogens is 3. The molecule has 4 rings (SSSR count). The van der Waals surface area contributed by atoms with Crippen LogP contribution in [-0.4, -0.2) is 32.6 Å². The van der Waals surface area contributed by atoms with Gasteiger partial charge >= 0.3 is 0 Å². The quantitative estimate of drug-likeness (QED) is 0.747. The summed E-state index contributed by atoms with van der Waals surface area (Å²) in [7, 11) is 1.61. The summed E-state index contributed by atoms with van der Waals surface area (Å²) >= 11 is 0. The minimum atomic E-state index is -0.0721. The lowest BCUT2D eigenvalue weighted by molar-refractivity contribution is 0.274. The molecule has 130 valence electrons. The second-order valence-corrected chi connectivity index (χ2v) is 6.42. The number of nitrogens with zero attached hydrogens (tertiary/aromatic N) is 3. The first-order valence-electron chi connectivity index (χ1n) is 8.67. The van der Waals surface area contributed by atoms with Crippen molar-refractivity contribution < 1.29 is 9.84 Å². The molecular formula is C19H22N4O2. The largest absolute Gasteiger partial charge is 0.496 e. The highest BCUT2D eigenvalue weighted by molar-refractivity contribution is 5.77. The monoisotopic (exact) mass is 338 g/mol. The van der Waals surface area contributed by atoms with Crippen LogP contribution in [0.2, 0.25) is 0 Å². The minimum Gasteiger partial charge on any atom is -0.496 e. The Morgan fingerprint density at radius 1 is 1.32 bits per heavy atom. The highest BCUT2D eigenvalue weighted by atomic mass is 16.5. The predicted octanol–water partition coefficient (Wildman–Crippen LogP) is 3.25. The fourth-order valence-electron chi connectivity index (χ4n) is 3.56. The van der Waals surface area contributed by atoms with Gasteiger partial charge in [-0.3, -0.25) is 9.38 Å². The summed E-state index contributed by atoms with van der Waals surface area (Å²) < 4.78 is 7.36. The molecule has 0 spiro atoms. The smallest absolute Gasteiger partial charge is 0.157 e. The summed E-state index contributed by atoms with van der Waals surface area (Å²) in [4.78, 5) is 8.95. The Kier molecular flexibility index (Phi) is 4.28. The number of benzene rings is 1. The lowest BCUT2D eigenvalue weighted by atomic mass is 10.1. The van der Waals surface area contributed by atoms with Crippen LogP contribution < -0.4 is 10.1 Å². The molecule has 3 aromatic rings. The number of ether oxygens (including phenoxy) is 1. The summed E-state index contributed by atoms with van der Waals surface area (Å²) in [5.41, 5.74) is 3.38. The van der Waals surface area contributed by atoms with E-state index in [9.17, 15) is 5.11 Å². The van der Waals surface area contributed by atoms with Gasteiger partial charge in [0, 0.05) is 29.6 Å². The average Bonchev–Trinajstić information content (AvgIpc) is 3.30. The van der Waals surface area contributed by atoms with E-state index in [0.717, 1.165) is 28.3 Å². The summed E-state index contributed by atoms with van der Waals surface area (Å²) in [5.74, 6) is 1.67. The molecule has 2 heterocycles. The van der Waals surface area contributed by atoms with Crippen molar-refractivity contribution in [2.75, 3.05) is 12.4 Å². The van der Waals surface area contributed by atoms with Crippen molar-refractivity contribution in [3.8, 4) is 17.0 Å². The third-order valence-corrected chi connectivity index (χ3v) is 4.85. The molecule has 2 aromatic heterocycles. The molecule has 1 aliphatic rings. The van der Waals surface area contributed by atoms with Crippen molar-refractivity contribution in [2.24, 2.45) is 0 Å². The van der Waals surface area contributed by atoms with E-state index in [1.807, 2.05) is 28.8 Å². The number of anilines is 1. The third-order valence-electron chi connectivity index (χ3n) is 4.85. The number of nitrogens with one attached hydrogen (secondary N) is 1. The topological polar surface area (TPSA) is 71.7 Å². The average molecular weight is 338 g/mol. The molecule has 25 heavy (non-hydrogen) atoms. The van der Waals surface area contributed by atoms with E-state index in [1.165, 1.54) is 25.7 Å². The van der Waals surface area contributed by atoms with Gasteiger partial charge in [0.2, 0.25) is 0 Å². The molecule has 0 unspecified atom stereocenters. The maximum atomic E-state index is 9.63. The summed E-state index contributed by atoms with van der Waals surface area (Å²) in [5, 5.41) is 13.3. The zero-order valence-electron chi connectivity index (χ0n) is 14.3. The van der Waals surface area contributed by atoms with Gasteiger partial charge in [0.1, 0.15) is 17.3 Å². The Labute approximate surface area is 146 Å². The van der Waals surface area contributed by atoms with Gasteiger partial charge < -0.3 is 15.2 Å². The molecule has 1 saturated carbocycles. The molecule has 0 atom stereocenters. The van der Waals surface area contributed by atoms with Crippen LogP contribution >= 0.6 is 0 Å². The van der Waals surface area contributed by atoms with Gasteiger partial charge in [0.15, 0.2) is 5.65 Å². The third kappa shape index (κ3) is 2.93. The van der Waals surface area contributed by atoms with Crippen molar-refractivity contribution >= 4 is 11.5 Å². The number of rotatable bonds is 5. The summed E-state index contributed by atoms with van der Waals surface area (Å²) in [6.45, 7) is -0.0721. The van der Waals surface area contributed by atoms with Gasteiger partial charge in [0.05, 0.1) is 19.9 Å². The fourth-order valence-corrected chi connectivity index (χ4v) is 3.56. The zero-order chi connectivity index (χ0) is 17.2. The van der Waals surface area contributed by atoms with Gasteiger partial charge in [0.25, 0.3) is 0 Å². The predicted molar refractivity (Wildman–Crippen MR) is 96.8 cm³/mol. The molecule has 6 heteroatoms. The SMILES string of the molecule is COc1ccc(-c2nc3cnccn3c2NC2CCCC2)cc1CO. The molecule has 1 fully saturated rings. The van der Waals surface area contributed by atoms with Crippen LogP contribution in [0.25, 0.3) is 16.9 Å². The Bertz CT molecular complexity index is 884. The first-order valence-corrected chi connectivity index (χ1v) is 8.67. The molecule has 6 nitrogen and oxygen atoms in total. The van der Waals surface area contributed by atoms with Gasteiger partial charge in [-0.25, -0.2) is 4.98 Å². The van der Waals surface area contributed by atoms with Gasteiger partial charge in [-0.1, -0.05) is 12.8 Å². The van der Waals surface area contributed by atoms with Crippen LogP contribution in [0.4, 0.5) is 5.82 Å². The highest BCUT2D eigenvalue weighted by Gasteiger charge is 2.21. The molecule has 0 aliphatic heterocycles. The Morgan fingerprint density at radius 2 is 2.16 bits per heavy atom. The number of aliphatic hydroxyl groups excluding tert-OH is 1. The standard InChI is InChI=1S/C19H22N4O2/c1-25-16-7-6-13(10-14(16)12-24)18-19(21-15-4-2-3-5-15)23-9-8-20-11-17(23)22-18/h6-11,15,21,24H,2-5,12H2,1H3. The van der Waals surface area contributed by atoms with Crippen LogP contribution in [0, 0.1) is 0 Å². The number of fused-ring (bicyclic) bond motifs is 1. The van der Waals surface area contributed by atoms with E-state index in [1.54, 1.807) is 19.5 Å². The van der Waals surface area contributed by atoms with Crippen molar-refractivity contribution in [3.63, 3.8) is 0 Å². The number of aliphatic hydroxyl groups is 1. The molecule has 2 N–H and O–H groups in total. The van der Waals surface area contributed by atoms with E-state index < -0.39 is 0 Å². The molecule has 0 amide bonds. The maximum Gasteiger partial charge on any atom is 0.157 e. The molecule has 0 radical (unpaired) electrons. The van der Waals surface area contributed by atoms with E-state index in [2.05, 4.69) is 10.3 Å². The first kappa shape index (κ1) is 15.9. The van der Waals surface area contributed by atoms with Crippen LogP contribution in [0.5, 0.6) is 5.75 Å². The summed E-state index contributed by atoms with van der Waals surface area (Å²) in [6, 6.07) is 6.27. The van der Waals surface area contributed by atoms with Crippen molar-refractivity contribution in [2.45, 2.75) is 38.3 Å². The van der Waals surface area contributed by atoms with Crippen molar-refractivity contribution in [3.05, 3.63) is 42.4 Å². The van der Waals surface area contributed by atoms with Crippen molar-refractivity contribution in [1.82, 2.24) is 14.4 Å². The van der Waals surface area contributed by atoms with E-state index in [-0.39, 0.29) is 6.61 Å². The molecule has 0 bridgehead atoms. The second-order valence-electron chi connectivity index (χ2n) is 6.42. The van der Waals surface area contributed by atoms with Gasteiger partial charge in [-0.05, 0) is 31.0 Å². The summed E-state index contributed by atoms with van der Waals surface area (Å²) in [6.07, 6.45) is 10.4. The van der Waals surface area contributed by atoms with E-state index in [4.69, 9.17) is 9.72 Å². The molecular weight excluding hydrogens is 316 g/mol. The van der Waals surface area contributed by atoms with E-state index >= 15 is 0 Å². The number of imidazole rings is 1. The highest BCUT2D eigenvalue weighted by Crippen LogP contribution is 2.33. The Balaban J connectivity index is 1.83. The number of hydrogen-bond acceptors (Lipinski definition) is 5. The van der Waals surface area contributed by atoms with Gasteiger partial charge in [-0.15, -0.1) is 0 Å². The molecule has 1 aliphatic carbocycles. The van der Waals surface area contributed by atoms with Crippen LogP contribution in [-0.2, 0) is 6.61 Å². The Morgan fingerprint density at radius 3 is 2.92 bits per heavy atom. The van der Waals surface area contributed by atoms with Crippen LogP contribution in [0.3, 0.4) is 0 Å². The van der Waals surface area contributed by atoms with Crippen molar-refractivity contribution in [1.29, 1.82) is 0 Å². The molecule has 0 saturated heterocycles. The normalized spacial score (nSPS) is 15.0. The van der Waals surface area contributed by atoms with E-state index in [0.29, 0.717) is 11.8 Å². The zero-order valence-corrected chi connectivity index (χ0v) is 14.3. The Hall–Kier alpha value is -2.60. The minimum absolute atomic E-state index is 0.0721. The molecule has 1 aromatic carbocycles. The lowest BCUT2D eigenvalue weighted by Crippen LogP contribution is -2.16. The first-order chi connectivity index (χ1) is 12.3. The maximum absolute atomic E-state index is 9.63. The lowest BCUT2D eigenvalue weighted by Gasteiger charge is -2.15. The van der Waals surface area contributed by atoms with Crippen LogP contribution in [0.1, 0.15) is 31.2 Å².